The van der Waals surface area contributed by atoms with Crippen molar-refractivity contribution in [1.29, 1.82) is 0 Å². The molecule has 30 heavy (non-hydrogen) atoms. The van der Waals surface area contributed by atoms with Gasteiger partial charge >= 0.3 is 0 Å². The predicted octanol–water partition coefficient (Wildman–Crippen LogP) is 4.76. The number of thioether (sulfide) groups is 1. The molecular formula is C20H21N5O2S3. The van der Waals surface area contributed by atoms with E-state index >= 15 is 0 Å². The lowest BCUT2D eigenvalue weighted by Crippen LogP contribution is -2.31. The SMILES string of the molecule is CC(=O)Nc1cccc(Nc2nnc(SCC(=O)N3CCC[C@@H]3c3cccs3)s2)c1. The monoisotopic (exact) mass is 459 g/mol. The van der Waals surface area contributed by atoms with E-state index in [0.717, 1.165) is 29.4 Å². The van der Waals surface area contributed by atoms with Gasteiger partial charge in [0, 0.05) is 29.7 Å². The van der Waals surface area contributed by atoms with E-state index in [-0.39, 0.29) is 17.9 Å². The Morgan fingerprint density at radius 2 is 2.10 bits per heavy atom. The quantitative estimate of drug-likeness (QED) is 0.496. The summed E-state index contributed by atoms with van der Waals surface area (Å²) in [7, 11) is 0. The van der Waals surface area contributed by atoms with E-state index in [1.165, 1.54) is 34.9 Å². The van der Waals surface area contributed by atoms with Gasteiger partial charge in [0.1, 0.15) is 0 Å². The van der Waals surface area contributed by atoms with Crippen LogP contribution >= 0.6 is 34.4 Å². The number of nitrogens with zero attached hydrogens (tertiary/aromatic N) is 3. The lowest BCUT2D eigenvalue weighted by molar-refractivity contribution is -0.129. The molecule has 0 radical (unpaired) electrons. The minimum Gasteiger partial charge on any atom is -0.334 e. The van der Waals surface area contributed by atoms with E-state index in [1.807, 2.05) is 35.2 Å². The zero-order chi connectivity index (χ0) is 20.9. The van der Waals surface area contributed by atoms with E-state index in [9.17, 15) is 9.59 Å². The Hall–Kier alpha value is -2.43. The van der Waals surface area contributed by atoms with Crippen molar-refractivity contribution in [1.82, 2.24) is 15.1 Å². The van der Waals surface area contributed by atoms with Crippen LogP contribution in [0.1, 0.15) is 30.7 Å². The van der Waals surface area contributed by atoms with Gasteiger partial charge in [0.15, 0.2) is 4.34 Å². The molecule has 2 amide bonds. The maximum absolute atomic E-state index is 12.8. The van der Waals surface area contributed by atoms with E-state index in [4.69, 9.17) is 0 Å². The number of hydrogen-bond donors (Lipinski definition) is 2. The fourth-order valence-electron chi connectivity index (χ4n) is 3.37. The fraction of sp³-hybridized carbons (Fsp3) is 0.300. The number of aromatic nitrogens is 2. The second-order valence-corrected chi connectivity index (χ2v) is 9.99. The molecule has 1 saturated heterocycles. The van der Waals surface area contributed by atoms with Gasteiger partial charge in [-0.1, -0.05) is 35.2 Å². The third-order valence-electron chi connectivity index (χ3n) is 4.60. The first-order chi connectivity index (χ1) is 14.6. The molecule has 1 atom stereocenters. The Morgan fingerprint density at radius 3 is 2.90 bits per heavy atom. The summed E-state index contributed by atoms with van der Waals surface area (Å²) < 4.78 is 0.746. The van der Waals surface area contributed by atoms with Gasteiger partial charge in [-0.2, -0.15) is 0 Å². The van der Waals surface area contributed by atoms with E-state index in [1.54, 1.807) is 11.3 Å². The van der Waals surface area contributed by atoms with Crippen LogP contribution in [-0.2, 0) is 9.59 Å². The van der Waals surface area contributed by atoms with Crippen molar-refractivity contribution in [2.24, 2.45) is 0 Å². The van der Waals surface area contributed by atoms with Gasteiger partial charge in [0.2, 0.25) is 16.9 Å². The number of anilines is 3. The molecule has 0 saturated carbocycles. The Labute approximate surface area is 186 Å². The maximum atomic E-state index is 12.8. The van der Waals surface area contributed by atoms with Crippen LogP contribution in [0.15, 0.2) is 46.1 Å². The molecule has 0 bridgehead atoms. The molecule has 0 unspecified atom stereocenters. The summed E-state index contributed by atoms with van der Waals surface area (Å²) in [6, 6.07) is 11.7. The van der Waals surface area contributed by atoms with Crippen LogP contribution in [0.3, 0.4) is 0 Å². The van der Waals surface area contributed by atoms with Crippen LogP contribution in [0.2, 0.25) is 0 Å². The normalized spacial score (nSPS) is 15.9. The molecule has 3 aromatic rings. The Bertz CT molecular complexity index is 1020. The number of nitrogens with one attached hydrogen (secondary N) is 2. The minimum atomic E-state index is -0.120. The van der Waals surface area contributed by atoms with Crippen LogP contribution in [0.4, 0.5) is 16.5 Å². The molecule has 1 aliphatic heterocycles. The zero-order valence-electron chi connectivity index (χ0n) is 16.3. The Kier molecular flexibility index (Phi) is 6.66. The largest absolute Gasteiger partial charge is 0.334 e. The van der Waals surface area contributed by atoms with Crippen molar-refractivity contribution < 1.29 is 9.59 Å². The molecule has 0 spiro atoms. The van der Waals surface area contributed by atoms with Gasteiger partial charge in [-0.25, -0.2) is 0 Å². The average molecular weight is 460 g/mol. The standard InChI is InChI=1S/C20H21N5O2S3/c1-13(26)21-14-5-2-6-15(11-14)22-19-23-24-20(30-19)29-12-18(27)25-9-3-7-16(25)17-8-4-10-28-17/h2,4-6,8,10-11,16H,3,7,9,12H2,1H3,(H,21,26)(H,22,23)/t16-/m1/s1. The predicted molar refractivity (Wildman–Crippen MR) is 123 cm³/mol. The number of rotatable bonds is 7. The first-order valence-corrected chi connectivity index (χ1v) is 12.2. The highest BCUT2D eigenvalue weighted by Gasteiger charge is 2.30. The van der Waals surface area contributed by atoms with Crippen LogP contribution < -0.4 is 10.6 Å². The Balaban J connectivity index is 1.32. The summed E-state index contributed by atoms with van der Waals surface area (Å²) in [5.41, 5.74) is 1.52. The second-order valence-electron chi connectivity index (χ2n) is 6.81. The molecule has 3 heterocycles. The lowest BCUT2D eigenvalue weighted by atomic mass is 10.2. The van der Waals surface area contributed by atoms with Crippen molar-refractivity contribution in [3.63, 3.8) is 0 Å². The zero-order valence-corrected chi connectivity index (χ0v) is 18.8. The first-order valence-electron chi connectivity index (χ1n) is 9.52. The van der Waals surface area contributed by atoms with Crippen LogP contribution in [0, 0.1) is 0 Å². The van der Waals surface area contributed by atoms with Crippen molar-refractivity contribution in [3.05, 3.63) is 46.7 Å². The summed E-state index contributed by atoms with van der Waals surface area (Å²) >= 11 is 4.53. The smallest absolute Gasteiger partial charge is 0.233 e. The summed E-state index contributed by atoms with van der Waals surface area (Å²) in [5.74, 6) is 0.378. The third kappa shape index (κ3) is 5.18. The molecule has 10 heteroatoms. The average Bonchev–Trinajstić information content (AvgIpc) is 3.46. The molecule has 1 fully saturated rings. The number of likely N-dealkylation sites (tertiary alicyclic amines) is 1. The summed E-state index contributed by atoms with van der Waals surface area (Å²) in [5, 5.41) is 17.0. The van der Waals surface area contributed by atoms with Gasteiger partial charge in [-0.05, 0) is 42.5 Å². The van der Waals surface area contributed by atoms with Gasteiger partial charge in [0.05, 0.1) is 11.8 Å². The van der Waals surface area contributed by atoms with Gasteiger partial charge in [-0.3, -0.25) is 9.59 Å². The van der Waals surface area contributed by atoms with Crippen LogP contribution in [0.5, 0.6) is 0 Å². The van der Waals surface area contributed by atoms with Crippen molar-refractivity contribution in [3.8, 4) is 0 Å². The second kappa shape index (κ2) is 9.59. The molecule has 2 N–H and O–H groups in total. The fourth-order valence-corrected chi connectivity index (χ4v) is 5.90. The van der Waals surface area contributed by atoms with Crippen molar-refractivity contribution >= 4 is 62.8 Å². The van der Waals surface area contributed by atoms with E-state index in [2.05, 4.69) is 32.3 Å². The molecule has 1 aromatic carbocycles. The van der Waals surface area contributed by atoms with Gasteiger partial charge in [0.25, 0.3) is 0 Å². The number of hydrogen-bond acceptors (Lipinski definition) is 8. The molecule has 4 rings (SSSR count). The molecule has 156 valence electrons. The minimum absolute atomic E-state index is 0.120. The number of thiophene rings is 1. The molecule has 2 aromatic heterocycles. The highest BCUT2D eigenvalue weighted by atomic mass is 32.2. The topological polar surface area (TPSA) is 87.2 Å². The summed E-state index contributed by atoms with van der Waals surface area (Å²) in [4.78, 5) is 27.2. The van der Waals surface area contributed by atoms with E-state index < -0.39 is 0 Å². The number of benzene rings is 1. The Morgan fingerprint density at radius 1 is 1.23 bits per heavy atom. The van der Waals surface area contributed by atoms with Gasteiger partial charge < -0.3 is 15.5 Å². The first kappa shape index (κ1) is 20.8. The van der Waals surface area contributed by atoms with Crippen molar-refractivity contribution in [2.45, 2.75) is 30.1 Å². The highest BCUT2D eigenvalue weighted by molar-refractivity contribution is 8.01. The number of carbonyl (C=O) groups is 2. The highest BCUT2D eigenvalue weighted by Crippen LogP contribution is 2.35. The van der Waals surface area contributed by atoms with Gasteiger partial charge in [-0.15, -0.1) is 21.5 Å². The molecule has 7 nitrogen and oxygen atoms in total. The number of amides is 2. The van der Waals surface area contributed by atoms with E-state index in [0.29, 0.717) is 16.6 Å². The summed E-state index contributed by atoms with van der Waals surface area (Å²) in [6.45, 7) is 2.29. The number of carbonyl (C=O) groups excluding carboxylic acids is 2. The third-order valence-corrected chi connectivity index (χ3v) is 7.53. The molecule has 1 aliphatic rings. The van der Waals surface area contributed by atoms with Crippen molar-refractivity contribution in [2.75, 3.05) is 22.9 Å². The molecular weight excluding hydrogens is 438 g/mol. The maximum Gasteiger partial charge on any atom is 0.233 e. The lowest BCUT2D eigenvalue weighted by Gasteiger charge is -2.23. The van der Waals surface area contributed by atoms with Crippen LogP contribution in [-0.4, -0.2) is 39.2 Å². The summed E-state index contributed by atoms with van der Waals surface area (Å²) in [6.07, 6.45) is 2.07. The molecule has 0 aliphatic carbocycles. The van der Waals surface area contributed by atoms with Crippen LogP contribution in [0.25, 0.3) is 0 Å².